The van der Waals surface area contributed by atoms with Crippen LogP contribution in [0.25, 0.3) is 0 Å². The van der Waals surface area contributed by atoms with E-state index in [1.165, 1.54) is 0 Å². The lowest BCUT2D eigenvalue weighted by Crippen LogP contribution is -2.32. The summed E-state index contributed by atoms with van der Waals surface area (Å²) in [6.07, 6.45) is 1.83. The second-order valence-electron chi connectivity index (χ2n) is 2.46. The fourth-order valence-corrected chi connectivity index (χ4v) is 0.945. The van der Waals surface area contributed by atoms with Crippen LogP contribution >= 0.6 is 0 Å². The van der Waals surface area contributed by atoms with Gasteiger partial charge in [0.05, 0.1) is 7.11 Å². The van der Waals surface area contributed by atoms with E-state index in [-0.39, 0.29) is 6.54 Å². The number of hydrogen-bond acceptors (Lipinski definition) is 3. The molecule has 0 unspecified atom stereocenters. The predicted molar refractivity (Wildman–Crippen MR) is 43.7 cm³/mol. The molecule has 0 saturated carbocycles. The zero-order chi connectivity index (χ0) is 8.97. The maximum Gasteiger partial charge on any atom is 0.210 e. The van der Waals surface area contributed by atoms with Crippen LogP contribution in [0.5, 0.6) is 5.75 Å². The Morgan fingerprint density at radius 1 is 1.67 bits per heavy atom. The van der Waals surface area contributed by atoms with Crippen molar-refractivity contribution in [3.8, 4) is 5.75 Å². The summed E-state index contributed by atoms with van der Waals surface area (Å²) >= 11 is 0. The summed E-state index contributed by atoms with van der Waals surface area (Å²) in [6.45, 7) is 0.174. The molecule has 0 fully saturated rings. The number of hydrogen-bond donors (Lipinski definition) is 0. The Kier molecular flexibility index (Phi) is 2.74. The molecule has 0 aliphatic heterocycles. The minimum absolute atomic E-state index is 0.174. The number of rotatable bonds is 3. The van der Waals surface area contributed by atoms with Crippen molar-refractivity contribution in [2.45, 2.75) is 6.54 Å². The molecule has 0 aromatic carbocycles. The third-order valence-corrected chi connectivity index (χ3v) is 1.69. The van der Waals surface area contributed by atoms with E-state index in [0.29, 0.717) is 0 Å². The van der Waals surface area contributed by atoms with Crippen molar-refractivity contribution in [2.24, 2.45) is 12.2 Å². The molecular weight excluding hydrogens is 156 g/mol. The quantitative estimate of drug-likeness (QED) is 0.493. The average Bonchev–Trinajstić information content (AvgIpc) is 2.09. The van der Waals surface area contributed by atoms with Crippen molar-refractivity contribution in [2.75, 3.05) is 7.11 Å². The number of methoxy groups -OCH3 is 1. The maximum absolute atomic E-state index is 10.0. The van der Waals surface area contributed by atoms with E-state index < -0.39 is 0 Å². The fourth-order valence-electron chi connectivity index (χ4n) is 0.945. The SMILES string of the molecule is COc1cc[n+](C)c(CN=O)c1. The smallest absolute Gasteiger partial charge is 0.210 e. The van der Waals surface area contributed by atoms with Crippen LogP contribution < -0.4 is 9.30 Å². The average molecular weight is 167 g/mol. The lowest BCUT2D eigenvalue weighted by Gasteiger charge is -1.99. The van der Waals surface area contributed by atoms with E-state index in [1.54, 1.807) is 13.2 Å². The first kappa shape index (κ1) is 8.64. The Morgan fingerprint density at radius 2 is 2.42 bits per heavy atom. The van der Waals surface area contributed by atoms with E-state index >= 15 is 0 Å². The summed E-state index contributed by atoms with van der Waals surface area (Å²) in [5.41, 5.74) is 0.837. The van der Waals surface area contributed by atoms with Gasteiger partial charge in [0.25, 0.3) is 0 Å². The van der Waals surface area contributed by atoms with Crippen LogP contribution in [0.15, 0.2) is 23.5 Å². The number of aryl methyl sites for hydroxylation is 1. The zero-order valence-corrected chi connectivity index (χ0v) is 7.15. The predicted octanol–water partition coefficient (Wildman–Crippen LogP) is 0.786. The molecule has 1 aromatic rings. The summed E-state index contributed by atoms with van der Waals surface area (Å²) in [5.74, 6) is 0.742. The molecule has 0 aliphatic rings. The molecule has 1 heterocycles. The topological polar surface area (TPSA) is 42.5 Å². The van der Waals surface area contributed by atoms with Crippen LogP contribution in [0.2, 0.25) is 0 Å². The number of pyridine rings is 1. The Labute approximate surface area is 70.8 Å². The van der Waals surface area contributed by atoms with Gasteiger partial charge in [0.1, 0.15) is 12.8 Å². The highest BCUT2D eigenvalue weighted by Gasteiger charge is 2.07. The highest BCUT2D eigenvalue weighted by molar-refractivity contribution is 5.19. The lowest BCUT2D eigenvalue weighted by atomic mass is 10.3. The van der Waals surface area contributed by atoms with Crippen molar-refractivity contribution in [1.82, 2.24) is 0 Å². The molecule has 1 aromatic heterocycles. The zero-order valence-electron chi connectivity index (χ0n) is 7.15. The molecule has 0 atom stereocenters. The number of aromatic nitrogens is 1. The Balaban J connectivity index is 2.99. The van der Waals surface area contributed by atoms with Gasteiger partial charge in [-0.3, -0.25) is 0 Å². The summed E-state index contributed by atoms with van der Waals surface area (Å²) < 4.78 is 6.84. The van der Waals surface area contributed by atoms with Crippen molar-refractivity contribution in [1.29, 1.82) is 0 Å². The van der Waals surface area contributed by atoms with E-state index in [1.807, 2.05) is 23.9 Å². The minimum Gasteiger partial charge on any atom is -0.496 e. The lowest BCUT2D eigenvalue weighted by molar-refractivity contribution is -0.679. The monoisotopic (exact) mass is 167 g/mol. The molecule has 64 valence electrons. The van der Waals surface area contributed by atoms with Gasteiger partial charge in [0.2, 0.25) is 5.69 Å². The molecule has 0 aliphatic carbocycles. The second kappa shape index (κ2) is 3.80. The van der Waals surface area contributed by atoms with E-state index in [4.69, 9.17) is 4.74 Å². The summed E-state index contributed by atoms with van der Waals surface area (Å²) in [7, 11) is 3.45. The Bertz CT molecular complexity index is 286. The molecule has 4 nitrogen and oxygen atoms in total. The van der Waals surface area contributed by atoms with Crippen molar-refractivity contribution in [3.63, 3.8) is 0 Å². The van der Waals surface area contributed by atoms with Gasteiger partial charge in [0.15, 0.2) is 12.7 Å². The summed E-state index contributed by atoms with van der Waals surface area (Å²) in [4.78, 5) is 10.0. The minimum atomic E-state index is 0.174. The van der Waals surface area contributed by atoms with Gasteiger partial charge in [0, 0.05) is 12.1 Å². The first-order valence-electron chi connectivity index (χ1n) is 3.59. The third kappa shape index (κ3) is 1.78. The number of nitrogens with zero attached hydrogens (tertiary/aromatic N) is 2. The van der Waals surface area contributed by atoms with Crippen LogP contribution in [0.4, 0.5) is 0 Å². The number of ether oxygens (including phenoxy) is 1. The van der Waals surface area contributed by atoms with Gasteiger partial charge in [-0.1, -0.05) is 5.18 Å². The molecule has 0 radical (unpaired) electrons. The molecule has 4 heteroatoms. The molecule has 0 saturated heterocycles. The normalized spacial score (nSPS) is 9.50. The Morgan fingerprint density at radius 3 is 3.00 bits per heavy atom. The van der Waals surface area contributed by atoms with Crippen LogP contribution in [0, 0.1) is 4.91 Å². The van der Waals surface area contributed by atoms with Crippen molar-refractivity contribution >= 4 is 0 Å². The summed E-state index contributed by atoms with van der Waals surface area (Å²) in [6, 6.07) is 3.62. The van der Waals surface area contributed by atoms with Crippen molar-refractivity contribution < 1.29 is 9.30 Å². The van der Waals surface area contributed by atoms with Gasteiger partial charge in [-0.2, -0.15) is 4.91 Å². The first-order chi connectivity index (χ1) is 5.77. The van der Waals surface area contributed by atoms with E-state index in [2.05, 4.69) is 5.18 Å². The van der Waals surface area contributed by atoms with Crippen LogP contribution in [0.3, 0.4) is 0 Å². The van der Waals surface area contributed by atoms with E-state index in [9.17, 15) is 4.91 Å². The second-order valence-corrected chi connectivity index (χ2v) is 2.46. The van der Waals surface area contributed by atoms with Gasteiger partial charge >= 0.3 is 0 Å². The van der Waals surface area contributed by atoms with Gasteiger partial charge < -0.3 is 4.74 Å². The molecule has 0 spiro atoms. The van der Waals surface area contributed by atoms with Gasteiger partial charge in [-0.05, 0) is 0 Å². The van der Waals surface area contributed by atoms with Gasteiger partial charge in [-0.25, -0.2) is 4.57 Å². The van der Waals surface area contributed by atoms with Crippen molar-refractivity contribution in [3.05, 3.63) is 28.9 Å². The standard InChI is InChI=1S/C8H11N2O2/c1-10-4-3-8(12-2)5-7(10)6-9-11/h3-5H,6H2,1-2H3/q+1. The molecule has 0 amide bonds. The largest absolute Gasteiger partial charge is 0.496 e. The van der Waals surface area contributed by atoms with Crippen LogP contribution in [-0.4, -0.2) is 7.11 Å². The first-order valence-corrected chi connectivity index (χ1v) is 3.59. The van der Waals surface area contributed by atoms with E-state index in [0.717, 1.165) is 11.4 Å². The summed E-state index contributed by atoms with van der Waals surface area (Å²) in [5, 5.41) is 2.82. The third-order valence-electron chi connectivity index (χ3n) is 1.69. The molecule has 0 bridgehead atoms. The Hall–Kier alpha value is -1.45. The maximum atomic E-state index is 10.0. The fraction of sp³-hybridized carbons (Fsp3) is 0.375. The number of nitroso groups, excluding NO2 is 1. The molecule has 1 rings (SSSR count). The van der Waals surface area contributed by atoms with Crippen LogP contribution in [-0.2, 0) is 13.6 Å². The van der Waals surface area contributed by atoms with Gasteiger partial charge in [-0.15, -0.1) is 0 Å². The molecular formula is C8H11N2O2+. The highest BCUT2D eigenvalue weighted by Crippen LogP contribution is 2.08. The molecule has 12 heavy (non-hydrogen) atoms. The highest BCUT2D eigenvalue weighted by atomic mass is 16.5. The van der Waals surface area contributed by atoms with Crippen LogP contribution in [0.1, 0.15) is 5.69 Å². The molecule has 0 N–H and O–H groups in total.